The Balaban J connectivity index is 5.21. The molecule has 0 bridgehead atoms. The molecule has 3 unspecified atom stereocenters. The van der Waals surface area contributed by atoms with Crippen molar-refractivity contribution in [3.63, 3.8) is 0 Å². The number of hydrogen-bond donors (Lipinski definition) is 3. The summed E-state index contributed by atoms with van der Waals surface area (Å²) >= 11 is 0. The third kappa shape index (κ3) is 74.2. The van der Waals surface area contributed by atoms with Crippen molar-refractivity contribution in [3.8, 4) is 0 Å². The van der Waals surface area contributed by atoms with E-state index in [4.69, 9.17) is 37.0 Å². The van der Waals surface area contributed by atoms with Gasteiger partial charge in [-0.15, -0.1) is 0 Å². The van der Waals surface area contributed by atoms with Gasteiger partial charge in [0.15, 0.2) is 12.2 Å². The van der Waals surface area contributed by atoms with E-state index in [1.54, 1.807) is 0 Å². The zero-order valence-electron chi connectivity index (χ0n) is 65.9. The van der Waals surface area contributed by atoms with Crippen LogP contribution >= 0.6 is 15.6 Å². The Hall–Kier alpha value is -2.46. The molecule has 0 aliphatic heterocycles. The SMILES string of the molecule is CCCCCC/C=C\C=C/CCCCCCCC(=O)OC[C@H](COP(=O)(O)OC[C@@H](O)COP(=O)(O)OC[C@@H](COC(=O)CCCCCCCCC(C)C)OC(=O)CCCCCCCCCCCCCCCCCCCCC(C)CC)OC(=O)CCCCCCCCCCCCCCC(C)C. The number of unbranched alkanes of at least 4 members (excludes halogenated alkanes) is 42. The summed E-state index contributed by atoms with van der Waals surface area (Å²) in [4.78, 5) is 73.0. The molecule has 3 N–H and O–H groups in total. The molecule has 0 radical (unpaired) electrons. The molecule has 0 fully saturated rings. The summed E-state index contributed by atoms with van der Waals surface area (Å²) in [6, 6.07) is 0. The Morgan fingerprint density at radius 3 is 0.881 bits per heavy atom. The molecule has 0 saturated heterocycles. The zero-order valence-corrected chi connectivity index (χ0v) is 67.6. The van der Waals surface area contributed by atoms with Crippen LogP contribution in [0.1, 0.15) is 402 Å². The number of hydrogen-bond acceptors (Lipinski definition) is 15. The number of aliphatic hydroxyl groups excluding tert-OH is 1. The molecule has 0 aromatic rings. The molecule has 19 heteroatoms. The van der Waals surface area contributed by atoms with Crippen LogP contribution in [-0.2, 0) is 65.4 Å². The van der Waals surface area contributed by atoms with Crippen LogP contribution in [0, 0.1) is 17.8 Å². The van der Waals surface area contributed by atoms with E-state index in [0.717, 1.165) is 127 Å². The maximum absolute atomic E-state index is 13.1. The van der Waals surface area contributed by atoms with Crippen molar-refractivity contribution in [2.24, 2.45) is 17.8 Å². The lowest BCUT2D eigenvalue weighted by Crippen LogP contribution is -2.30. The zero-order chi connectivity index (χ0) is 74.4. The maximum Gasteiger partial charge on any atom is 0.472 e. The van der Waals surface area contributed by atoms with Gasteiger partial charge in [0.1, 0.15) is 19.3 Å². The second-order valence-corrected chi connectivity index (χ2v) is 32.9. The van der Waals surface area contributed by atoms with Crippen LogP contribution in [-0.4, -0.2) is 96.7 Å². The van der Waals surface area contributed by atoms with E-state index in [-0.39, 0.29) is 25.7 Å². The largest absolute Gasteiger partial charge is 0.472 e. The van der Waals surface area contributed by atoms with Crippen molar-refractivity contribution in [3.05, 3.63) is 24.3 Å². The molecular formula is C82H156O17P2. The first-order chi connectivity index (χ1) is 48.8. The van der Waals surface area contributed by atoms with Crippen LogP contribution < -0.4 is 0 Å². The molecule has 101 heavy (non-hydrogen) atoms. The number of phosphoric ester groups is 2. The average molecular weight is 1480 g/mol. The topological polar surface area (TPSA) is 237 Å². The number of rotatable bonds is 78. The van der Waals surface area contributed by atoms with Gasteiger partial charge in [-0.25, -0.2) is 9.13 Å². The number of phosphoric acid groups is 2. The number of ether oxygens (including phenoxy) is 4. The van der Waals surface area contributed by atoms with Crippen molar-refractivity contribution >= 4 is 39.5 Å². The van der Waals surface area contributed by atoms with E-state index in [1.165, 1.54) is 186 Å². The number of carbonyl (C=O) groups excluding carboxylic acids is 4. The lowest BCUT2D eigenvalue weighted by molar-refractivity contribution is -0.161. The summed E-state index contributed by atoms with van der Waals surface area (Å²) in [5.41, 5.74) is 0. The third-order valence-electron chi connectivity index (χ3n) is 18.9. The lowest BCUT2D eigenvalue weighted by Gasteiger charge is -2.21. The number of carbonyl (C=O) groups is 4. The highest BCUT2D eigenvalue weighted by Crippen LogP contribution is 2.45. The summed E-state index contributed by atoms with van der Waals surface area (Å²) in [7, 11) is -9.93. The molecule has 0 amide bonds. The van der Waals surface area contributed by atoms with Gasteiger partial charge in [-0.3, -0.25) is 37.3 Å². The first kappa shape index (κ1) is 98.5. The minimum absolute atomic E-state index is 0.0997. The van der Waals surface area contributed by atoms with Crippen LogP contribution in [0.3, 0.4) is 0 Å². The highest BCUT2D eigenvalue weighted by atomic mass is 31.2. The van der Waals surface area contributed by atoms with Crippen LogP contribution in [0.25, 0.3) is 0 Å². The fourth-order valence-electron chi connectivity index (χ4n) is 12.1. The maximum atomic E-state index is 13.1. The Bertz CT molecular complexity index is 2050. The summed E-state index contributed by atoms with van der Waals surface area (Å²) < 4.78 is 68.6. The third-order valence-corrected chi connectivity index (χ3v) is 20.8. The molecule has 0 rings (SSSR count). The lowest BCUT2D eigenvalue weighted by atomic mass is 9.99. The highest BCUT2D eigenvalue weighted by molar-refractivity contribution is 7.47. The standard InChI is InChI=1S/C82H156O17P2/c1-8-10-11-12-13-14-15-16-21-25-31-36-41-49-56-63-79(84)92-69-77(98-81(86)66-59-52-43-38-33-28-27-29-34-39-46-53-60-73(3)4)71-96-100(88,89)94-67-76(83)68-95-101(90,91)97-72-78(70-93-80(85)64-57-50-45-44-47-54-61-74(5)6)99-82(87)65-58-51-42-37-32-26-23-20-18-17-19-22-24-30-35-40-48-55-62-75(7)9-2/h14-16,21,73-78,83H,8-13,17-20,22-72H2,1-7H3,(H,88,89)(H,90,91)/b15-14-,21-16-/t75?,76-,77-,78-/m1/s1. The van der Waals surface area contributed by atoms with Crippen molar-refractivity contribution in [2.75, 3.05) is 39.6 Å². The van der Waals surface area contributed by atoms with Crippen LogP contribution in [0.5, 0.6) is 0 Å². The molecule has 0 aromatic carbocycles. The summed E-state index contributed by atoms with van der Waals surface area (Å²) in [5, 5.41) is 10.6. The van der Waals surface area contributed by atoms with Crippen molar-refractivity contribution in [1.82, 2.24) is 0 Å². The summed E-state index contributed by atoms with van der Waals surface area (Å²) in [6.45, 7) is 11.9. The smallest absolute Gasteiger partial charge is 0.462 e. The summed E-state index contributed by atoms with van der Waals surface area (Å²) in [6.07, 6.45) is 63.4. The van der Waals surface area contributed by atoms with Gasteiger partial charge in [-0.1, -0.05) is 349 Å². The second kappa shape index (κ2) is 71.8. The Morgan fingerprint density at radius 2 is 0.584 bits per heavy atom. The molecule has 0 saturated carbocycles. The molecule has 0 heterocycles. The molecule has 0 aromatic heterocycles. The molecule has 0 aliphatic rings. The first-order valence-corrected chi connectivity index (χ1v) is 44.7. The number of aliphatic hydroxyl groups is 1. The Kier molecular flexibility index (Phi) is 70.0. The van der Waals surface area contributed by atoms with E-state index in [1.807, 2.05) is 0 Å². The van der Waals surface area contributed by atoms with E-state index >= 15 is 0 Å². The Morgan fingerprint density at radius 1 is 0.327 bits per heavy atom. The van der Waals surface area contributed by atoms with E-state index in [0.29, 0.717) is 31.6 Å². The monoisotopic (exact) mass is 1480 g/mol. The minimum atomic E-state index is -4.97. The highest BCUT2D eigenvalue weighted by Gasteiger charge is 2.30. The van der Waals surface area contributed by atoms with E-state index in [2.05, 4.69) is 72.8 Å². The summed E-state index contributed by atoms with van der Waals surface area (Å²) in [5.74, 6) is 0.178. The molecular weight excluding hydrogens is 1320 g/mol. The van der Waals surface area contributed by atoms with Crippen LogP contribution in [0.4, 0.5) is 0 Å². The molecule has 596 valence electrons. The molecule has 17 nitrogen and oxygen atoms in total. The quantitative estimate of drug-likeness (QED) is 0.0169. The number of allylic oxidation sites excluding steroid dienone is 4. The van der Waals surface area contributed by atoms with Gasteiger partial charge in [-0.05, 0) is 69.1 Å². The van der Waals surface area contributed by atoms with Gasteiger partial charge in [0, 0.05) is 25.7 Å². The minimum Gasteiger partial charge on any atom is -0.462 e. The molecule has 0 aliphatic carbocycles. The van der Waals surface area contributed by atoms with Gasteiger partial charge >= 0.3 is 39.5 Å². The van der Waals surface area contributed by atoms with Crippen molar-refractivity contribution < 1.29 is 80.2 Å². The van der Waals surface area contributed by atoms with E-state index < -0.39 is 97.5 Å². The van der Waals surface area contributed by atoms with Crippen molar-refractivity contribution in [2.45, 2.75) is 420 Å². The molecule has 6 atom stereocenters. The van der Waals surface area contributed by atoms with Crippen LogP contribution in [0.15, 0.2) is 24.3 Å². The van der Waals surface area contributed by atoms with Crippen LogP contribution in [0.2, 0.25) is 0 Å². The fourth-order valence-corrected chi connectivity index (χ4v) is 13.7. The average Bonchev–Trinajstić information content (AvgIpc) is 0.946. The Labute approximate surface area is 618 Å². The predicted octanol–water partition coefficient (Wildman–Crippen LogP) is 24.1. The van der Waals surface area contributed by atoms with Gasteiger partial charge in [0.05, 0.1) is 26.4 Å². The van der Waals surface area contributed by atoms with Crippen molar-refractivity contribution in [1.29, 1.82) is 0 Å². The number of esters is 4. The fraction of sp³-hybridized carbons (Fsp3) is 0.902. The van der Waals surface area contributed by atoms with E-state index in [9.17, 15) is 43.2 Å². The predicted molar refractivity (Wildman–Crippen MR) is 414 cm³/mol. The van der Waals surface area contributed by atoms with Gasteiger partial charge in [0.25, 0.3) is 0 Å². The normalized spacial score (nSPS) is 14.4. The van der Waals surface area contributed by atoms with Gasteiger partial charge in [-0.2, -0.15) is 0 Å². The van der Waals surface area contributed by atoms with Gasteiger partial charge < -0.3 is 33.8 Å². The first-order valence-electron chi connectivity index (χ1n) is 41.7. The molecule has 0 spiro atoms. The second-order valence-electron chi connectivity index (χ2n) is 30.0. The van der Waals surface area contributed by atoms with Gasteiger partial charge in [0.2, 0.25) is 0 Å².